The van der Waals surface area contributed by atoms with Gasteiger partial charge in [0.05, 0.1) is 0 Å². The summed E-state index contributed by atoms with van der Waals surface area (Å²) in [7, 11) is 0. The summed E-state index contributed by atoms with van der Waals surface area (Å²) < 4.78 is 0. The van der Waals surface area contributed by atoms with Gasteiger partial charge in [-0.2, -0.15) is 0 Å². The summed E-state index contributed by atoms with van der Waals surface area (Å²) in [6.07, 6.45) is 7.05. The van der Waals surface area contributed by atoms with Gasteiger partial charge in [0, 0.05) is 33.3 Å². The minimum absolute atomic E-state index is 0.248. The van der Waals surface area contributed by atoms with Crippen LogP contribution in [0.4, 0.5) is 5.69 Å². The zero-order chi connectivity index (χ0) is 25.9. The summed E-state index contributed by atoms with van der Waals surface area (Å²) in [5, 5.41) is 0.782. The molecule has 1 aliphatic rings. The van der Waals surface area contributed by atoms with Gasteiger partial charge in [-0.15, -0.1) is 0 Å². The number of nitrogen functional groups attached to an aromatic ring is 1. The predicted octanol–water partition coefficient (Wildman–Crippen LogP) is 8.29. The molecule has 5 heteroatoms. The van der Waals surface area contributed by atoms with Crippen LogP contribution in [0.3, 0.4) is 0 Å². The summed E-state index contributed by atoms with van der Waals surface area (Å²) in [5.74, 6) is 2.17. The van der Waals surface area contributed by atoms with Gasteiger partial charge in [0.15, 0.2) is 17.5 Å². The minimum Gasteiger partial charge on any atom is -0.399 e. The Kier molecular flexibility index (Phi) is 6.55. The summed E-state index contributed by atoms with van der Waals surface area (Å²) in [5.41, 5.74) is 13.2. The Bertz CT molecular complexity index is 1580. The molecular weight excluding hydrogens is 488 g/mol. The van der Waals surface area contributed by atoms with Crippen molar-refractivity contribution in [1.29, 1.82) is 0 Å². The van der Waals surface area contributed by atoms with E-state index in [1.54, 1.807) is 0 Å². The molecular formula is C33H25ClN4. The standard InChI is InChI=1S/C33H25ClN4/c34-27-17-15-22(16-18-27)29-20-19-28(35)21-30(29)23-11-13-26(14-12-23)33-37-31(24-7-3-1-4-8-24)36-32(38-33)25-9-5-2-6-10-25/h1-15,17-22H,16,35H2. The Hall–Kier alpha value is -4.54. The predicted molar refractivity (Wildman–Crippen MR) is 156 cm³/mol. The van der Waals surface area contributed by atoms with E-state index in [-0.39, 0.29) is 5.92 Å². The molecule has 1 aromatic heterocycles. The average molecular weight is 513 g/mol. The van der Waals surface area contributed by atoms with E-state index in [0.717, 1.165) is 45.0 Å². The second-order valence-corrected chi connectivity index (χ2v) is 9.69. The van der Waals surface area contributed by atoms with Crippen LogP contribution in [-0.4, -0.2) is 15.0 Å². The molecule has 0 radical (unpaired) electrons. The van der Waals surface area contributed by atoms with E-state index in [2.05, 4.69) is 42.5 Å². The fourth-order valence-corrected chi connectivity index (χ4v) is 4.87. The van der Waals surface area contributed by atoms with Crippen molar-refractivity contribution in [3.8, 4) is 45.3 Å². The Morgan fingerprint density at radius 3 is 1.68 bits per heavy atom. The van der Waals surface area contributed by atoms with Crippen molar-refractivity contribution in [2.24, 2.45) is 0 Å². The van der Waals surface area contributed by atoms with Gasteiger partial charge in [-0.25, -0.2) is 15.0 Å². The number of allylic oxidation sites excluding steroid dienone is 4. The fraction of sp³-hybridized carbons (Fsp3) is 0.0606. The topological polar surface area (TPSA) is 64.7 Å². The van der Waals surface area contributed by atoms with Crippen LogP contribution < -0.4 is 5.73 Å². The number of anilines is 1. The lowest BCUT2D eigenvalue weighted by atomic mass is 9.86. The first kappa shape index (κ1) is 23.8. The van der Waals surface area contributed by atoms with Crippen molar-refractivity contribution in [3.63, 3.8) is 0 Å². The Morgan fingerprint density at radius 2 is 1.16 bits per heavy atom. The van der Waals surface area contributed by atoms with Crippen molar-refractivity contribution in [3.05, 3.63) is 132 Å². The fourth-order valence-electron chi connectivity index (χ4n) is 4.71. The van der Waals surface area contributed by atoms with Crippen LogP contribution >= 0.6 is 11.6 Å². The molecule has 0 amide bonds. The van der Waals surface area contributed by atoms with Gasteiger partial charge in [-0.1, -0.05) is 115 Å². The van der Waals surface area contributed by atoms with Gasteiger partial charge in [0.1, 0.15) is 0 Å². The second kappa shape index (κ2) is 10.4. The van der Waals surface area contributed by atoms with Crippen molar-refractivity contribution >= 4 is 17.3 Å². The highest BCUT2D eigenvalue weighted by atomic mass is 35.5. The molecule has 0 fully saturated rings. The van der Waals surface area contributed by atoms with E-state index in [1.165, 1.54) is 5.56 Å². The number of benzene rings is 4. The van der Waals surface area contributed by atoms with E-state index in [1.807, 2.05) is 78.9 Å². The minimum atomic E-state index is 0.248. The Labute approximate surface area is 227 Å². The van der Waals surface area contributed by atoms with Gasteiger partial charge < -0.3 is 5.73 Å². The highest BCUT2D eigenvalue weighted by Gasteiger charge is 2.17. The van der Waals surface area contributed by atoms with Gasteiger partial charge in [-0.05, 0) is 41.3 Å². The molecule has 5 aromatic rings. The first-order valence-corrected chi connectivity index (χ1v) is 12.9. The van der Waals surface area contributed by atoms with E-state index >= 15 is 0 Å². The van der Waals surface area contributed by atoms with E-state index in [0.29, 0.717) is 17.5 Å². The van der Waals surface area contributed by atoms with Gasteiger partial charge in [-0.3, -0.25) is 0 Å². The number of hydrogen-bond donors (Lipinski definition) is 1. The highest BCUT2D eigenvalue weighted by molar-refractivity contribution is 6.31. The zero-order valence-corrected chi connectivity index (χ0v) is 21.4. The van der Waals surface area contributed by atoms with Crippen LogP contribution in [0.5, 0.6) is 0 Å². The molecule has 38 heavy (non-hydrogen) atoms. The summed E-state index contributed by atoms with van der Waals surface area (Å²) in [4.78, 5) is 14.5. The molecule has 4 aromatic carbocycles. The second-order valence-electron chi connectivity index (χ2n) is 9.25. The molecule has 1 atom stereocenters. The SMILES string of the molecule is Nc1ccc(C2C=CC(Cl)=CC2)c(-c2ccc(-c3nc(-c4ccccc4)nc(-c4ccccc4)n3)cc2)c1. The molecule has 4 nitrogen and oxygen atoms in total. The monoisotopic (exact) mass is 512 g/mol. The third-order valence-electron chi connectivity index (χ3n) is 6.68. The van der Waals surface area contributed by atoms with Crippen molar-refractivity contribution in [2.45, 2.75) is 12.3 Å². The number of aromatic nitrogens is 3. The number of rotatable bonds is 5. The first-order chi connectivity index (χ1) is 18.6. The molecule has 6 rings (SSSR count). The van der Waals surface area contributed by atoms with Crippen molar-refractivity contribution in [2.75, 3.05) is 5.73 Å². The molecule has 0 spiro atoms. The lowest BCUT2D eigenvalue weighted by Gasteiger charge is -2.19. The van der Waals surface area contributed by atoms with Crippen LogP contribution in [-0.2, 0) is 0 Å². The van der Waals surface area contributed by atoms with Crippen molar-refractivity contribution < 1.29 is 0 Å². The average Bonchev–Trinajstić information content (AvgIpc) is 2.98. The Morgan fingerprint density at radius 1 is 0.632 bits per heavy atom. The van der Waals surface area contributed by atoms with Gasteiger partial charge in [0.2, 0.25) is 0 Å². The molecule has 1 unspecified atom stereocenters. The molecule has 0 aliphatic heterocycles. The van der Waals surface area contributed by atoms with Crippen molar-refractivity contribution in [1.82, 2.24) is 15.0 Å². The third-order valence-corrected chi connectivity index (χ3v) is 6.97. The number of halogens is 1. The van der Waals surface area contributed by atoms with Crippen LogP contribution in [0.15, 0.2) is 126 Å². The van der Waals surface area contributed by atoms with E-state index in [4.69, 9.17) is 32.3 Å². The van der Waals surface area contributed by atoms with Gasteiger partial charge >= 0.3 is 0 Å². The maximum Gasteiger partial charge on any atom is 0.164 e. The van der Waals surface area contributed by atoms with E-state index < -0.39 is 0 Å². The number of nitrogens with two attached hydrogens (primary N) is 1. The smallest absolute Gasteiger partial charge is 0.164 e. The van der Waals surface area contributed by atoms with Crippen LogP contribution in [0.2, 0.25) is 0 Å². The lowest BCUT2D eigenvalue weighted by Crippen LogP contribution is -2.02. The summed E-state index contributed by atoms with van der Waals surface area (Å²) >= 11 is 6.17. The molecule has 1 aliphatic carbocycles. The maximum atomic E-state index is 6.20. The Balaban J connectivity index is 1.40. The molecule has 0 saturated heterocycles. The number of hydrogen-bond acceptors (Lipinski definition) is 4. The molecule has 1 heterocycles. The van der Waals surface area contributed by atoms with Crippen LogP contribution in [0, 0.1) is 0 Å². The molecule has 2 N–H and O–H groups in total. The zero-order valence-electron chi connectivity index (χ0n) is 20.6. The molecule has 184 valence electrons. The first-order valence-electron chi connectivity index (χ1n) is 12.5. The molecule has 0 bridgehead atoms. The number of nitrogens with zero attached hydrogens (tertiary/aromatic N) is 3. The molecule has 0 saturated carbocycles. The lowest BCUT2D eigenvalue weighted by molar-refractivity contribution is 0.854. The van der Waals surface area contributed by atoms with Crippen LogP contribution in [0.1, 0.15) is 17.9 Å². The van der Waals surface area contributed by atoms with E-state index in [9.17, 15) is 0 Å². The summed E-state index contributed by atoms with van der Waals surface area (Å²) in [6.45, 7) is 0. The highest BCUT2D eigenvalue weighted by Crippen LogP contribution is 2.37. The third kappa shape index (κ3) is 4.99. The van der Waals surface area contributed by atoms with Gasteiger partial charge in [0.25, 0.3) is 0 Å². The normalized spacial score (nSPS) is 14.8. The quantitative estimate of drug-likeness (QED) is 0.240. The largest absolute Gasteiger partial charge is 0.399 e. The summed E-state index contributed by atoms with van der Waals surface area (Å²) in [6, 6.07) is 34.5. The van der Waals surface area contributed by atoms with Crippen LogP contribution in [0.25, 0.3) is 45.3 Å². The maximum absolute atomic E-state index is 6.20.